The molecule has 0 bridgehead atoms. The van der Waals surface area contributed by atoms with Gasteiger partial charge in [0.2, 0.25) is 0 Å². The number of nitrogens with two attached hydrogens (primary N) is 1. The zero-order chi connectivity index (χ0) is 14.8. The van der Waals surface area contributed by atoms with Crippen molar-refractivity contribution in [2.75, 3.05) is 0 Å². The molecule has 2 heterocycles. The van der Waals surface area contributed by atoms with Crippen LogP contribution in [0.2, 0.25) is 0 Å². The fourth-order valence-electron chi connectivity index (χ4n) is 1.77. The lowest BCUT2D eigenvalue weighted by atomic mass is 9.99. The Labute approximate surface area is 118 Å². The molecule has 0 saturated heterocycles. The number of hydrogen-bond donors (Lipinski definition) is 3. The van der Waals surface area contributed by atoms with E-state index in [2.05, 4.69) is 16.5 Å². The predicted octanol–water partition coefficient (Wildman–Crippen LogP) is 2.75. The number of nitrogens with one attached hydrogen (secondary N) is 1. The molecule has 0 saturated carbocycles. The SMILES string of the molecule is C=C(/C=C\C=C(/N)c1ccnc2[nH]ccc12)C(C)(C)O. The van der Waals surface area contributed by atoms with Crippen LogP contribution in [0.25, 0.3) is 16.7 Å². The Hall–Kier alpha value is -2.33. The van der Waals surface area contributed by atoms with Gasteiger partial charge in [-0.2, -0.15) is 0 Å². The second-order valence-electron chi connectivity index (χ2n) is 5.16. The average molecular weight is 269 g/mol. The Morgan fingerprint density at radius 3 is 2.90 bits per heavy atom. The summed E-state index contributed by atoms with van der Waals surface area (Å²) in [6, 6.07) is 3.82. The minimum absolute atomic E-state index is 0.628. The van der Waals surface area contributed by atoms with Crippen molar-refractivity contribution in [3.63, 3.8) is 0 Å². The summed E-state index contributed by atoms with van der Waals surface area (Å²) in [5.41, 5.74) is 8.16. The Kier molecular flexibility index (Phi) is 3.77. The highest BCUT2D eigenvalue weighted by atomic mass is 16.3. The third-order valence-corrected chi connectivity index (χ3v) is 3.13. The molecule has 0 aliphatic carbocycles. The molecule has 2 aromatic rings. The normalized spacial score (nSPS) is 13.2. The summed E-state index contributed by atoms with van der Waals surface area (Å²) in [6.45, 7) is 7.20. The molecular formula is C16H19N3O. The molecular weight excluding hydrogens is 250 g/mol. The maximum Gasteiger partial charge on any atom is 0.137 e. The highest BCUT2D eigenvalue weighted by Crippen LogP contribution is 2.20. The molecule has 2 rings (SSSR count). The molecule has 0 aliphatic rings. The maximum atomic E-state index is 9.77. The van der Waals surface area contributed by atoms with Crippen molar-refractivity contribution in [3.05, 3.63) is 60.5 Å². The molecule has 0 aromatic carbocycles. The number of aromatic nitrogens is 2. The summed E-state index contributed by atoms with van der Waals surface area (Å²) in [5, 5.41) is 10.7. The number of fused-ring (bicyclic) bond motifs is 1. The second-order valence-corrected chi connectivity index (χ2v) is 5.16. The van der Waals surface area contributed by atoms with Crippen molar-refractivity contribution in [1.82, 2.24) is 9.97 Å². The van der Waals surface area contributed by atoms with Crippen molar-refractivity contribution in [2.24, 2.45) is 5.73 Å². The Balaban J connectivity index is 2.25. The van der Waals surface area contributed by atoms with Gasteiger partial charge >= 0.3 is 0 Å². The predicted molar refractivity (Wildman–Crippen MR) is 82.8 cm³/mol. The first-order valence-corrected chi connectivity index (χ1v) is 6.37. The standard InChI is InChI=1S/C16H19N3O/c1-11(16(2,3)20)5-4-6-14(17)12-7-9-18-15-13(12)8-10-19-15/h4-10,20H,1,17H2,2-3H3,(H,18,19)/b5-4-,14-6-. The van der Waals surface area contributed by atoms with Crippen LogP contribution >= 0.6 is 0 Å². The largest absolute Gasteiger partial charge is 0.398 e. The van der Waals surface area contributed by atoms with Crippen LogP contribution in [0.4, 0.5) is 0 Å². The number of aliphatic hydroxyl groups is 1. The molecule has 2 aromatic heterocycles. The van der Waals surface area contributed by atoms with E-state index in [9.17, 15) is 5.11 Å². The molecule has 4 heteroatoms. The lowest BCUT2D eigenvalue weighted by molar-refractivity contribution is 0.124. The van der Waals surface area contributed by atoms with E-state index in [1.807, 2.05) is 18.3 Å². The molecule has 104 valence electrons. The van der Waals surface area contributed by atoms with Crippen LogP contribution in [-0.2, 0) is 0 Å². The van der Waals surface area contributed by atoms with E-state index in [1.54, 1.807) is 38.3 Å². The number of nitrogens with zero attached hydrogens (tertiary/aromatic N) is 1. The monoisotopic (exact) mass is 269 g/mol. The van der Waals surface area contributed by atoms with Crippen LogP contribution in [0.3, 0.4) is 0 Å². The number of allylic oxidation sites excluding steroid dienone is 2. The summed E-state index contributed by atoms with van der Waals surface area (Å²) in [5.74, 6) is 0. The van der Waals surface area contributed by atoms with E-state index >= 15 is 0 Å². The van der Waals surface area contributed by atoms with Gasteiger partial charge in [0.1, 0.15) is 5.65 Å². The van der Waals surface area contributed by atoms with Gasteiger partial charge in [0, 0.05) is 29.0 Å². The topological polar surface area (TPSA) is 74.9 Å². The summed E-state index contributed by atoms with van der Waals surface area (Å²) in [7, 11) is 0. The maximum absolute atomic E-state index is 9.77. The molecule has 4 nitrogen and oxygen atoms in total. The van der Waals surface area contributed by atoms with Gasteiger partial charge in [-0.05, 0) is 37.6 Å². The number of H-pyrrole nitrogens is 1. The molecule has 0 amide bonds. The summed E-state index contributed by atoms with van der Waals surface area (Å²) in [6.07, 6.45) is 8.88. The minimum atomic E-state index is -0.927. The van der Waals surface area contributed by atoms with Gasteiger partial charge in [-0.25, -0.2) is 4.98 Å². The Morgan fingerprint density at radius 2 is 2.20 bits per heavy atom. The smallest absolute Gasteiger partial charge is 0.137 e. The Morgan fingerprint density at radius 1 is 1.45 bits per heavy atom. The highest BCUT2D eigenvalue weighted by molar-refractivity contribution is 5.89. The fourth-order valence-corrected chi connectivity index (χ4v) is 1.77. The van der Waals surface area contributed by atoms with E-state index in [4.69, 9.17) is 5.73 Å². The average Bonchev–Trinajstić information content (AvgIpc) is 2.85. The van der Waals surface area contributed by atoms with Crippen molar-refractivity contribution in [1.29, 1.82) is 0 Å². The van der Waals surface area contributed by atoms with Crippen LogP contribution in [-0.4, -0.2) is 20.7 Å². The van der Waals surface area contributed by atoms with E-state index in [1.165, 1.54) is 0 Å². The summed E-state index contributed by atoms with van der Waals surface area (Å²) >= 11 is 0. The first kappa shape index (κ1) is 14.1. The van der Waals surface area contributed by atoms with E-state index in [0.717, 1.165) is 16.6 Å². The number of aromatic amines is 1. The number of rotatable bonds is 4. The van der Waals surface area contributed by atoms with Crippen LogP contribution < -0.4 is 5.73 Å². The van der Waals surface area contributed by atoms with Crippen LogP contribution in [0.5, 0.6) is 0 Å². The second kappa shape index (κ2) is 5.35. The lowest BCUT2D eigenvalue weighted by Gasteiger charge is -2.16. The van der Waals surface area contributed by atoms with Gasteiger partial charge in [-0.15, -0.1) is 0 Å². The Bertz CT molecular complexity index is 687. The third kappa shape index (κ3) is 2.97. The minimum Gasteiger partial charge on any atom is -0.398 e. The van der Waals surface area contributed by atoms with Crippen molar-refractivity contribution >= 4 is 16.7 Å². The first-order chi connectivity index (χ1) is 9.39. The van der Waals surface area contributed by atoms with E-state index in [-0.39, 0.29) is 0 Å². The van der Waals surface area contributed by atoms with Gasteiger partial charge < -0.3 is 15.8 Å². The van der Waals surface area contributed by atoms with E-state index in [0.29, 0.717) is 11.3 Å². The van der Waals surface area contributed by atoms with Crippen LogP contribution in [0.1, 0.15) is 19.4 Å². The van der Waals surface area contributed by atoms with Gasteiger partial charge in [0.05, 0.1) is 5.60 Å². The van der Waals surface area contributed by atoms with E-state index < -0.39 is 5.60 Å². The fraction of sp³-hybridized carbons (Fsp3) is 0.188. The quantitative estimate of drug-likeness (QED) is 0.747. The number of hydrogen-bond acceptors (Lipinski definition) is 3. The lowest BCUT2D eigenvalue weighted by Crippen LogP contribution is -2.19. The molecule has 0 atom stereocenters. The van der Waals surface area contributed by atoms with Gasteiger partial charge in [0.15, 0.2) is 0 Å². The molecule has 0 aliphatic heterocycles. The number of pyridine rings is 1. The van der Waals surface area contributed by atoms with Gasteiger partial charge in [-0.1, -0.05) is 18.7 Å². The molecule has 0 radical (unpaired) electrons. The van der Waals surface area contributed by atoms with Crippen LogP contribution in [0.15, 0.2) is 54.9 Å². The first-order valence-electron chi connectivity index (χ1n) is 6.37. The third-order valence-electron chi connectivity index (χ3n) is 3.13. The molecule has 0 unspecified atom stereocenters. The summed E-state index contributed by atoms with van der Waals surface area (Å²) in [4.78, 5) is 7.27. The van der Waals surface area contributed by atoms with Crippen molar-refractivity contribution < 1.29 is 5.11 Å². The van der Waals surface area contributed by atoms with Crippen molar-refractivity contribution in [3.8, 4) is 0 Å². The van der Waals surface area contributed by atoms with Crippen molar-refractivity contribution in [2.45, 2.75) is 19.4 Å². The van der Waals surface area contributed by atoms with Gasteiger partial charge in [0.25, 0.3) is 0 Å². The molecule has 0 spiro atoms. The van der Waals surface area contributed by atoms with Gasteiger partial charge in [-0.3, -0.25) is 0 Å². The molecule has 0 fully saturated rings. The zero-order valence-corrected chi connectivity index (χ0v) is 11.7. The molecule has 4 N–H and O–H groups in total. The highest BCUT2D eigenvalue weighted by Gasteiger charge is 2.13. The van der Waals surface area contributed by atoms with Crippen LogP contribution in [0, 0.1) is 0 Å². The zero-order valence-electron chi connectivity index (χ0n) is 11.7. The summed E-state index contributed by atoms with van der Waals surface area (Å²) < 4.78 is 0. The molecule has 20 heavy (non-hydrogen) atoms.